The highest BCUT2D eigenvalue weighted by atomic mass is 16.4. The van der Waals surface area contributed by atoms with Gasteiger partial charge < -0.3 is 5.11 Å². The molecule has 21 heavy (non-hydrogen) atoms. The van der Waals surface area contributed by atoms with Crippen LogP contribution in [0.25, 0.3) is 10.8 Å². The number of hydrogen-bond donors (Lipinski definition) is 1. The van der Waals surface area contributed by atoms with Crippen molar-refractivity contribution in [2.45, 2.75) is 38.3 Å². The van der Waals surface area contributed by atoms with E-state index in [1.54, 1.807) is 0 Å². The zero-order valence-electron chi connectivity index (χ0n) is 12.2. The Morgan fingerprint density at radius 1 is 1.38 bits per heavy atom. The zero-order chi connectivity index (χ0) is 14.9. The van der Waals surface area contributed by atoms with Crippen LogP contribution in [0.5, 0.6) is 0 Å². The number of carboxylic acids is 1. The maximum absolute atomic E-state index is 11.8. The van der Waals surface area contributed by atoms with E-state index in [-0.39, 0.29) is 0 Å². The van der Waals surface area contributed by atoms with Gasteiger partial charge >= 0.3 is 5.97 Å². The van der Waals surface area contributed by atoms with Crippen molar-refractivity contribution in [1.82, 2.24) is 9.88 Å². The van der Waals surface area contributed by atoms with E-state index >= 15 is 0 Å². The summed E-state index contributed by atoms with van der Waals surface area (Å²) in [4.78, 5) is 18.2. The van der Waals surface area contributed by atoms with Gasteiger partial charge in [0.2, 0.25) is 0 Å². The van der Waals surface area contributed by atoms with Crippen LogP contribution in [0.3, 0.4) is 0 Å². The van der Waals surface area contributed by atoms with E-state index in [0.29, 0.717) is 13.0 Å². The van der Waals surface area contributed by atoms with Crippen molar-refractivity contribution in [2.75, 3.05) is 6.54 Å². The molecule has 1 aliphatic rings. The first kappa shape index (κ1) is 14.0. The normalized spacial score (nSPS) is 22.7. The molecule has 110 valence electrons. The number of fused-ring (bicyclic) bond motifs is 1. The Morgan fingerprint density at radius 3 is 2.95 bits per heavy atom. The third-order valence-corrected chi connectivity index (χ3v) is 4.72. The Labute approximate surface area is 124 Å². The predicted octanol–water partition coefficient (Wildman–Crippen LogP) is 3.06. The van der Waals surface area contributed by atoms with Gasteiger partial charge in [0.15, 0.2) is 0 Å². The molecule has 0 saturated carbocycles. The molecule has 1 aromatic heterocycles. The molecule has 4 nitrogen and oxygen atoms in total. The van der Waals surface area contributed by atoms with Gasteiger partial charge in [0.25, 0.3) is 0 Å². The molecule has 1 aromatic carbocycles. The summed E-state index contributed by atoms with van der Waals surface area (Å²) in [6, 6.07) is 8.13. The Morgan fingerprint density at radius 2 is 2.19 bits per heavy atom. The number of aromatic nitrogens is 1. The van der Waals surface area contributed by atoms with E-state index < -0.39 is 11.5 Å². The first-order valence-electron chi connectivity index (χ1n) is 7.47. The maximum atomic E-state index is 11.8. The van der Waals surface area contributed by atoms with Crippen LogP contribution in [-0.2, 0) is 11.3 Å². The van der Waals surface area contributed by atoms with Crippen LogP contribution in [0.15, 0.2) is 36.7 Å². The highest BCUT2D eigenvalue weighted by Crippen LogP contribution is 2.34. The van der Waals surface area contributed by atoms with Crippen LogP contribution >= 0.6 is 0 Å². The first-order valence-corrected chi connectivity index (χ1v) is 7.47. The highest BCUT2D eigenvalue weighted by molar-refractivity contribution is 5.85. The average Bonchev–Trinajstić information content (AvgIpc) is 2.92. The molecular formula is C17H20N2O2. The van der Waals surface area contributed by atoms with Gasteiger partial charge in [0.1, 0.15) is 5.54 Å². The number of nitrogens with zero attached hydrogens (tertiary/aromatic N) is 2. The molecule has 0 spiro atoms. The Kier molecular flexibility index (Phi) is 3.64. The van der Waals surface area contributed by atoms with Crippen molar-refractivity contribution < 1.29 is 9.90 Å². The van der Waals surface area contributed by atoms with Crippen LogP contribution in [0.4, 0.5) is 0 Å². The summed E-state index contributed by atoms with van der Waals surface area (Å²) in [5.41, 5.74) is 0.394. The van der Waals surface area contributed by atoms with Gasteiger partial charge in [-0.2, -0.15) is 0 Å². The van der Waals surface area contributed by atoms with E-state index in [4.69, 9.17) is 0 Å². The number of carbonyl (C=O) groups is 1. The molecule has 1 fully saturated rings. The van der Waals surface area contributed by atoms with Crippen molar-refractivity contribution in [1.29, 1.82) is 0 Å². The van der Waals surface area contributed by atoms with Crippen LogP contribution in [0, 0.1) is 0 Å². The second-order valence-electron chi connectivity index (χ2n) is 5.74. The second kappa shape index (κ2) is 5.45. The fraction of sp³-hybridized carbons (Fsp3) is 0.412. The highest BCUT2D eigenvalue weighted by Gasteiger charge is 2.45. The molecule has 0 bridgehead atoms. The molecule has 2 heterocycles. The topological polar surface area (TPSA) is 53.4 Å². The smallest absolute Gasteiger partial charge is 0.324 e. The number of likely N-dealkylation sites (tertiary alicyclic amines) is 1. The fourth-order valence-electron chi connectivity index (χ4n) is 3.47. The second-order valence-corrected chi connectivity index (χ2v) is 5.74. The Bertz CT molecular complexity index is 665. The van der Waals surface area contributed by atoms with E-state index in [9.17, 15) is 9.90 Å². The maximum Gasteiger partial charge on any atom is 0.324 e. The van der Waals surface area contributed by atoms with Crippen molar-refractivity contribution in [3.8, 4) is 0 Å². The summed E-state index contributed by atoms with van der Waals surface area (Å²) in [5.74, 6) is -0.698. The Balaban J connectivity index is 1.96. The number of hydrogen-bond acceptors (Lipinski definition) is 3. The average molecular weight is 284 g/mol. The van der Waals surface area contributed by atoms with E-state index in [0.717, 1.165) is 35.7 Å². The van der Waals surface area contributed by atoms with Crippen molar-refractivity contribution >= 4 is 16.7 Å². The van der Waals surface area contributed by atoms with Gasteiger partial charge in [-0.3, -0.25) is 14.7 Å². The summed E-state index contributed by atoms with van der Waals surface area (Å²) < 4.78 is 0. The van der Waals surface area contributed by atoms with Gasteiger partial charge in [0.05, 0.1) is 0 Å². The monoisotopic (exact) mass is 284 g/mol. The minimum atomic E-state index is -0.711. The standard InChI is InChI=1S/C17H20N2O2/c1-2-17(16(20)21)8-5-9-19(17)12-14-11-18-10-13-6-3-4-7-15(13)14/h3-4,6-7,10-11H,2,5,8-9,12H2,1H3,(H,20,21). The third kappa shape index (κ3) is 2.29. The van der Waals surface area contributed by atoms with Crippen molar-refractivity contribution in [3.63, 3.8) is 0 Å². The lowest BCUT2D eigenvalue weighted by atomic mass is 9.92. The number of benzene rings is 1. The molecule has 2 aromatic rings. The van der Waals surface area contributed by atoms with Crippen LogP contribution < -0.4 is 0 Å². The summed E-state index contributed by atoms with van der Waals surface area (Å²) in [7, 11) is 0. The van der Waals surface area contributed by atoms with Gasteiger partial charge in [-0.25, -0.2) is 0 Å². The van der Waals surface area contributed by atoms with Gasteiger partial charge in [-0.15, -0.1) is 0 Å². The minimum Gasteiger partial charge on any atom is -0.480 e. The molecule has 1 unspecified atom stereocenters. The van der Waals surface area contributed by atoms with Crippen molar-refractivity contribution in [2.24, 2.45) is 0 Å². The van der Waals surface area contributed by atoms with Crippen LogP contribution in [0.2, 0.25) is 0 Å². The zero-order valence-corrected chi connectivity index (χ0v) is 12.2. The largest absolute Gasteiger partial charge is 0.480 e. The fourth-order valence-corrected chi connectivity index (χ4v) is 3.47. The number of carboxylic acid groups (broad SMARTS) is 1. The first-order chi connectivity index (χ1) is 10.2. The van der Waals surface area contributed by atoms with Gasteiger partial charge in [-0.1, -0.05) is 31.2 Å². The van der Waals surface area contributed by atoms with E-state index in [1.165, 1.54) is 0 Å². The number of rotatable bonds is 4. The molecule has 1 atom stereocenters. The number of pyridine rings is 1. The summed E-state index contributed by atoms with van der Waals surface area (Å²) in [6.07, 6.45) is 6.03. The van der Waals surface area contributed by atoms with Crippen molar-refractivity contribution in [3.05, 3.63) is 42.2 Å². The van der Waals surface area contributed by atoms with Crippen LogP contribution in [-0.4, -0.2) is 33.0 Å². The molecule has 4 heteroatoms. The summed E-state index contributed by atoms with van der Waals surface area (Å²) in [6.45, 7) is 3.45. The summed E-state index contributed by atoms with van der Waals surface area (Å²) >= 11 is 0. The van der Waals surface area contributed by atoms with E-state index in [1.807, 2.05) is 37.5 Å². The minimum absolute atomic E-state index is 0.639. The lowest BCUT2D eigenvalue weighted by molar-refractivity contribution is -0.150. The molecule has 0 amide bonds. The molecule has 0 radical (unpaired) electrons. The predicted molar refractivity (Wildman–Crippen MR) is 82.0 cm³/mol. The lowest BCUT2D eigenvalue weighted by Crippen LogP contribution is -2.49. The molecule has 1 saturated heterocycles. The number of aliphatic carboxylic acids is 1. The lowest BCUT2D eigenvalue weighted by Gasteiger charge is -2.34. The Hall–Kier alpha value is -1.94. The molecule has 1 N–H and O–H groups in total. The molecule has 1 aliphatic heterocycles. The SMILES string of the molecule is CCC1(C(=O)O)CCCN1Cc1cncc2ccccc12. The van der Waals surface area contributed by atoms with Gasteiger partial charge in [-0.05, 0) is 36.8 Å². The quantitative estimate of drug-likeness (QED) is 0.937. The molecule has 3 rings (SSSR count). The molecular weight excluding hydrogens is 264 g/mol. The van der Waals surface area contributed by atoms with Gasteiger partial charge in [0, 0.05) is 24.3 Å². The summed E-state index contributed by atoms with van der Waals surface area (Å²) in [5, 5.41) is 11.9. The van der Waals surface area contributed by atoms with E-state index in [2.05, 4.69) is 16.0 Å². The molecule has 0 aliphatic carbocycles. The third-order valence-electron chi connectivity index (χ3n) is 4.72. The van der Waals surface area contributed by atoms with Crippen LogP contribution in [0.1, 0.15) is 31.7 Å².